The van der Waals surface area contributed by atoms with Gasteiger partial charge in [-0.2, -0.15) is 0 Å². The molecule has 1 saturated heterocycles. The summed E-state index contributed by atoms with van der Waals surface area (Å²) in [4.78, 5) is 66.1. The summed E-state index contributed by atoms with van der Waals surface area (Å²) in [7, 11) is 0. The van der Waals surface area contributed by atoms with Crippen LogP contribution in [0.15, 0.2) is 88.7 Å². The maximum Gasteiger partial charge on any atom is 0.269 e. The lowest BCUT2D eigenvalue weighted by atomic mass is 9.58. The summed E-state index contributed by atoms with van der Waals surface area (Å²) < 4.78 is 5.91. The molecule has 2 aliphatic heterocycles. The Hall–Kier alpha value is -5.12. The Bertz CT molecular complexity index is 1780. The first kappa shape index (κ1) is 25.8. The number of nitrogens with zero attached hydrogens (tertiary/aromatic N) is 2. The van der Waals surface area contributed by atoms with E-state index in [9.17, 15) is 34.4 Å². The van der Waals surface area contributed by atoms with Crippen LogP contribution in [-0.4, -0.2) is 33.4 Å². The SMILES string of the molecule is CC1=CC(=O)C2=C(C1=O)[C@@H](C1=COc3ccc(O)cc3C1)C1=CC[C@@H]3C(=O)N(c4ccc([N+](=O)[O-])cc4)C(=O)[C@@H]3[C@@H]1C2. The number of anilines is 1. The third kappa shape index (κ3) is 3.71. The number of benzene rings is 2. The lowest BCUT2D eigenvalue weighted by Gasteiger charge is -2.43. The number of nitro benzene ring substituents is 1. The highest BCUT2D eigenvalue weighted by molar-refractivity contribution is 6.24. The average Bonchev–Trinajstić information content (AvgIpc) is 3.24. The predicted molar refractivity (Wildman–Crippen MR) is 148 cm³/mol. The summed E-state index contributed by atoms with van der Waals surface area (Å²) in [6.45, 7) is 1.61. The highest BCUT2D eigenvalue weighted by Gasteiger charge is 2.57. The van der Waals surface area contributed by atoms with E-state index in [2.05, 4.69) is 0 Å². The summed E-state index contributed by atoms with van der Waals surface area (Å²) in [5.74, 6) is -3.26. The van der Waals surface area contributed by atoms with E-state index in [1.165, 1.54) is 36.4 Å². The molecule has 0 radical (unpaired) electrons. The van der Waals surface area contributed by atoms with Gasteiger partial charge >= 0.3 is 0 Å². The zero-order valence-corrected chi connectivity index (χ0v) is 22.4. The van der Waals surface area contributed by atoms with Crippen LogP contribution in [0.4, 0.5) is 11.4 Å². The van der Waals surface area contributed by atoms with Crippen LogP contribution in [0.2, 0.25) is 0 Å². The third-order valence-corrected chi connectivity index (χ3v) is 9.03. The number of hydrogen-bond acceptors (Lipinski definition) is 8. The molecule has 7 rings (SSSR count). The number of allylic oxidation sites excluding steroid dienone is 7. The average molecular weight is 565 g/mol. The second-order valence-electron chi connectivity index (χ2n) is 11.3. The van der Waals surface area contributed by atoms with Crippen molar-refractivity contribution < 1.29 is 33.9 Å². The van der Waals surface area contributed by atoms with Crippen LogP contribution < -0.4 is 9.64 Å². The zero-order valence-electron chi connectivity index (χ0n) is 22.4. The number of fused-ring (bicyclic) bond motifs is 4. The van der Waals surface area contributed by atoms with Gasteiger partial charge in [0.15, 0.2) is 11.6 Å². The molecular formula is C32H24N2O8. The van der Waals surface area contributed by atoms with Crippen LogP contribution in [-0.2, 0) is 25.6 Å². The molecule has 3 aliphatic carbocycles. The molecule has 0 spiro atoms. The number of carbonyl (C=O) groups is 4. The van der Waals surface area contributed by atoms with E-state index in [1.807, 2.05) is 6.08 Å². The number of Topliss-reactive ketones (excluding diaryl/α,β-unsaturated/α-hetero) is 1. The Balaban J connectivity index is 1.31. The molecule has 4 atom stereocenters. The van der Waals surface area contributed by atoms with E-state index in [4.69, 9.17) is 4.74 Å². The molecule has 10 nitrogen and oxygen atoms in total. The molecule has 210 valence electrons. The summed E-state index contributed by atoms with van der Waals surface area (Å²) >= 11 is 0. The Morgan fingerprint density at radius 3 is 2.52 bits per heavy atom. The van der Waals surface area contributed by atoms with Crippen molar-refractivity contribution in [3.63, 3.8) is 0 Å². The van der Waals surface area contributed by atoms with Crippen LogP contribution in [0.1, 0.15) is 25.3 Å². The fourth-order valence-electron chi connectivity index (χ4n) is 7.15. The lowest BCUT2D eigenvalue weighted by molar-refractivity contribution is -0.384. The monoisotopic (exact) mass is 564 g/mol. The molecule has 2 amide bonds. The number of imide groups is 1. The first-order valence-electron chi connectivity index (χ1n) is 13.6. The van der Waals surface area contributed by atoms with Crippen molar-refractivity contribution in [2.75, 3.05) is 4.90 Å². The minimum absolute atomic E-state index is 0.0730. The van der Waals surface area contributed by atoms with Gasteiger partial charge in [-0.1, -0.05) is 11.6 Å². The number of carbonyl (C=O) groups excluding carboxylic acids is 4. The largest absolute Gasteiger partial charge is 0.508 e. The van der Waals surface area contributed by atoms with E-state index >= 15 is 0 Å². The fraction of sp³-hybridized carbons (Fsp3) is 0.250. The minimum atomic E-state index is -0.763. The van der Waals surface area contributed by atoms with E-state index in [0.29, 0.717) is 28.9 Å². The molecule has 2 heterocycles. The molecule has 2 aromatic rings. The molecule has 0 bridgehead atoms. The first-order chi connectivity index (χ1) is 20.1. The highest BCUT2D eigenvalue weighted by atomic mass is 16.6. The number of phenolic OH excluding ortho intramolecular Hbond substituents is 1. The van der Waals surface area contributed by atoms with Crippen LogP contribution in [0.25, 0.3) is 0 Å². The third-order valence-electron chi connectivity index (χ3n) is 9.03. The summed E-state index contributed by atoms with van der Waals surface area (Å²) in [6, 6.07) is 10.1. The van der Waals surface area contributed by atoms with Gasteiger partial charge in [-0.15, -0.1) is 0 Å². The van der Waals surface area contributed by atoms with E-state index in [0.717, 1.165) is 21.6 Å². The van der Waals surface area contributed by atoms with Crippen LogP contribution in [0.5, 0.6) is 11.5 Å². The maximum atomic E-state index is 14.0. The van der Waals surface area contributed by atoms with Gasteiger partial charge in [0.2, 0.25) is 11.8 Å². The smallest absolute Gasteiger partial charge is 0.269 e. The van der Waals surface area contributed by atoms with Crippen LogP contribution in [0.3, 0.4) is 0 Å². The predicted octanol–water partition coefficient (Wildman–Crippen LogP) is 4.29. The summed E-state index contributed by atoms with van der Waals surface area (Å²) in [5, 5.41) is 21.2. The maximum absolute atomic E-state index is 14.0. The van der Waals surface area contributed by atoms with E-state index < -0.39 is 40.4 Å². The van der Waals surface area contributed by atoms with Crippen molar-refractivity contribution in [2.45, 2.75) is 26.2 Å². The van der Waals surface area contributed by atoms with Crippen molar-refractivity contribution in [1.29, 1.82) is 0 Å². The topological polar surface area (TPSA) is 144 Å². The molecule has 0 unspecified atom stereocenters. The molecular weight excluding hydrogens is 540 g/mol. The fourth-order valence-corrected chi connectivity index (χ4v) is 7.15. The molecule has 5 aliphatic rings. The first-order valence-corrected chi connectivity index (χ1v) is 13.6. The number of non-ortho nitro benzene ring substituents is 1. The van der Waals surface area contributed by atoms with Gasteiger partial charge in [0.25, 0.3) is 5.69 Å². The van der Waals surface area contributed by atoms with Gasteiger partial charge in [0.1, 0.15) is 11.5 Å². The molecule has 42 heavy (non-hydrogen) atoms. The Labute approximate surface area is 239 Å². The number of aromatic hydroxyl groups is 1. The highest BCUT2D eigenvalue weighted by Crippen LogP contribution is 2.55. The number of hydrogen-bond donors (Lipinski definition) is 1. The van der Waals surface area contributed by atoms with Crippen molar-refractivity contribution >= 4 is 34.8 Å². The van der Waals surface area contributed by atoms with Crippen molar-refractivity contribution in [3.05, 3.63) is 104 Å². The second kappa shape index (κ2) is 9.20. The molecule has 0 saturated carbocycles. The van der Waals surface area contributed by atoms with Gasteiger partial charge in [-0.3, -0.25) is 34.2 Å². The Morgan fingerprint density at radius 2 is 1.79 bits per heavy atom. The molecule has 10 heteroatoms. The van der Waals surface area contributed by atoms with E-state index in [-0.39, 0.29) is 41.5 Å². The van der Waals surface area contributed by atoms with Gasteiger partial charge in [-0.05, 0) is 67.7 Å². The van der Waals surface area contributed by atoms with Gasteiger partial charge in [-0.25, -0.2) is 0 Å². The number of ketones is 2. The van der Waals surface area contributed by atoms with Crippen molar-refractivity contribution in [2.24, 2.45) is 23.7 Å². The Kier molecular flexibility index (Phi) is 5.66. The quantitative estimate of drug-likeness (QED) is 0.191. The lowest BCUT2D eigenvalue weighted by Crippen LogP contribution is -2.41. The van der Waals surface area contributed by atoms with Gasteiger partial charge in [0.05, 0.1) is 28.7 Å². The molecule has 1 fully saturated rings. The zero-order chi connectivity index (χ0) is 29.4. The number of ether oxygens (including phenoxy) is 1. The number of nitro groups is 1. The molecule has 2 aromatic carbocycles. The van der Waals surface area contributed by atoms with Crippen molar-refractivity contribution in [1.82, 2.24) is 0 Å². The van der Waals surface area contributed by atoms with Crippen LogP contribution >= 0.6 is 0 Å². The Morgan fingerprint density at radius 1 is 1.02 bits per heavy atom. The summed E-state index contributed by atoms with van der Waals surface area (Å²) in [5.41, 5.74) is 3.40. The molecule has 0 aromatic heterocycles. The number of phenols is 1. The second-order valence-corrected chi connectivity index (χ2v) is 11.3. The number of rotatable bonds is 3. The van der Waals surface area contributed by atoms with Gasteiger partial charge in [0, 0.05) is 46.8 Å². The number of amides is 2. The standard InChI is InChI=1S/C32H24N2O8/c1-15-10-25(36)24-13-23-21(27(29(24)30(15)37)17-11-16-12-20(35)6-9-26(16)42-14-17)7-8-22-28(23)32(39)33(31(22)38)18-2-4-19(5-3-18)34(40)41/h2-7,9-10,12,14,22-23,27-28,35H,8,11,13H2,1H3/t22-,23+,27-,28-/m0/s1. The minimum Gasteiger partial charge on any atom is -0.508 e. The van der Waals surface area contributed by atoms with E-state index in [1.54, 1.807) is 25.3 Å². The summed E-state index contributed by atoms with van der Waals surface area (Å²) in [6.07, 6.45) is 5.61. The van der Waals surface area contributed by atoms with Crippen LogP contribution in [0, 0.1) is 33.8 Å². The normalized spacial score (nSPS) is 26.4. The molecule has 1 N–H and O–H groups in total. The van der Waals surface area contributed by atoms with Gasteiger partial charge < -0.3 is 9.84 Å². The van der Waals surface area contributed by atoms with Crippen molar-refractivity contribution in [3.8, 4) is 11.5 Å².